The van der Waals surface area contributed by atoms with Crippen molar-refractivity contribution in [2.45, 2.75) is 44.8 Å². The van der Waals surface area contributed by atoms with Gasteiger partial charge in [0.25, 0.3) is 5.91 Å². The lowest BCUT2D eigenvalue weighted by molar-refractivity contribution is -0.123. The quantitative estimate of drug-likeness (QED) is 0.655. The Morgan fingerprint density at radius 1 is 1.56 bits per heavy atom. The molecule has 5 nitrogen and oxygen atoms in total. The molecule has 2 aliphatic rings. The van der Waals surface area contributed by atoms with Gasteiger partial charge in [-0.15, -0.1) is 0 Å². The standard InChI is InChI=1S/C11H20N4O/c1-7(2)12-10-13-9(16)11(14-10)5-8(3)15(4)6-11/h7-8H,5-6H2,1-4H3,(H2,12,13,14,16). The van der Waals surface area contributed by atoms with Crippen molar-refractivity contribution < 1.29 is 4.79 Å². The number of nitrogens with one attached hydrogen (secondary N) is 2. The van der Waals surface area contributed by atoms with E-state index in [2.05, 4.69) is 27.4 Å². The molecule has 2 N–H and O–H groups in total. The van der Waals surface area contributed by atoms with Crippen LogP contribution in [0.4, 0.5) is 0 Å². The van der Waals surface area contributed by atoms with Crippen LogP contribution in [0.25, 0.3) is 0 Å². The third-order valence-electron chi connectivity index (χ3n) is 3.33. The van der Waals surface area contributed by atoms with Gasteiger partial charge in [0.1, 0.15) is 5.54 Å². The second-order valence-corrected chi connectivity index (χ2v) is 5.20. The van der Waals surface area contributed by atoms with E-state index in [4.69, 9.17) is 0 Å². The highest BCUT2D eigenvalue weighted by Crippen LogP contribution is 2.28. The Labute approximate surface area is 96.3 Å². The zero-order valence-electron chi connectivity index (χ0n) is 10.4. The van der Waals surface area contributed by atoms with Gasteiger partial charge in [0.2, 0.25) is 0 Å². The summed E-state index contributed by atoms with van der Waals surface area (Å²) in [5.74, 6) is 0.686. The minimum absolute atomic E-state index is 0.0584. The van der Waals surface area contributed by atoms with Gasteiger partial charge in [-0.05, 0) is 34.2 Å². The molecule has 2 fully saturated rings. The molecule has 0 saturated carbocycles. The zero-order chi connectivity index (χ0) is 11.9. The second-order valence-electron chi connectivity index (χ2n) is 5.20. The number of hydrogen-bond donors (Lipinski definition) is 2. The van der Waals surface area contributed by atoms with Gasteiger partial charge in [-0.3, -0.25) is 15.1 Å². The number of hydrogen-bond acceptors (Lipinski definition) is 3. The van der Waals surface area contributed by atoms with Crippen molar-refractivity contribution >= 4 is 11.9 Å². The van der Waals surface area contributed by atoms with Crippen molar-refractivity contribution in [2.75, 3.05) is 13.6 Å². The fraction of sp³-hybridized carbons (Fsp3) is 0.818. The van der Waals surface area contributed by atoms with Crippen LogP contribution in [0, 0.1) is 0 Å². The lowest BCUT2D eigenvalue weighted by Gasteiger charge is -2.19. The van der Waals surface area contributed by atoms with E-state index in [1.165, 1.54) is 0 Å². The van der Waals surface area contributed by atoms with E-state index >= 15 is 0 Å². The van der Waals surface area contributed by atoms with Crippen LogP contribution >= 0.6 is 0 Å². The molecule has 2 aliphatic heterocycles. The summed E-state index contributed by atoms with van der Waals surface area (Å²) in [4.78, 5) is 18.6. The van der Waals surface area contributed by atoms with Gasteiger partial charge in [-0.2, -0.15) is 0 Å². The van der Waals surface area contributed by atoms with Gasteiger partial charge in [0.15, 0.2) is 5.96 Å². The van der Waals surface area contributed by atoms with E-state index in [0.717, 1.165) is 13.0 Å². The summed E-state index contributed by atoms with van der Waals surface area (Å²) in [7, 11) is 2.05. The van der Waals surface area contributed by atoms with E-state index in [9.17, 15) is 4.79 Å². The Morgan fingerprint density at radius 2 is 2.25 bits per heavy atom. The van der Waals surface area contributed by atoms with Gasteiger partial charge in [-0.1, -0.05) is 0 Å². The van der Waals surface area contributed by atoms with Crippen LogP contribution in [0.5, 0.6) is 0 Å². The van der Waals surface area contributed by atoms with E-state index in [-0.39, 0.29) is 11.9 Å². The molecule has 2 rings (SSSR count). The van der Waals surface area contributed by atoms with E-state index < -0.39 is 5.54 Å². The normalized spacial score (nSPS) is 37.4. The molecular formula is C11H20N4O. The van der Waals surface area contributed by atoms with E-state index in [1.54, 1.807) is 0 Å². The number of aliphatic imine (C=N–C) groups is 1. The summed E-state index contributed by atoms with van der Waals surface area (Å²) in [5, 5.41) is 6.09. The minimum atomic E-state index is -0.456. The molecule has 0 bridgehead atoms. The van der Waals surface area contributed by atoms with Crippen molar-refractivity contribution in [3.05, 3.63) is 0 Å². The third kappa shape index (κ3) is 1.80. The van der Waals surface area contributed by atoms with Gasteiger partial charge in [-0.25, -0.2) is 0 Å². The average Bonchev–Trinajstić information content (AvgIpc) is 2.55. The van der Waals surface area contributed by atoms with Crippen molar-refractivity contribution in [1.29, 1.82) is 0 Å². The molecule has 90 valence electrons. The Hall–Kier alpha value is -1.10. The van der Waals surface area contributed by atoms with Crippen LogP contribution in [0.3, 0.4) is 0 Å². The van der Waals surface area contributed by atoms with E-state index in [0.29, 0.717) is 12.0 Å². The SMILES string of the molecule is CC(C)N=C1NC(=O)C2(CC(C)N(C)C2)N1. The first-order chi connectivity index (χ1) is 7.43. The van der Waals surface area contributed by atoms with Crippen LogP contribution < -0.4 is 10.6 Å². The number of nitrogens with zero attached hydrogens (tertiary/aromatic N) is 2. The maximum absolute atomic E-state index is 12.0. The first-order valence-corrected chi connectivity index (χ1v) is 5.80. The lowest BCUT2D eigenvalue weighted by Crippen LogP contribution is -2.48. The molecule has 1 spiro atoms. The fourth-order valence-corrected chi connectivity index (χ4v) is 2.43. The predicted molar refractivity (Wildman–Crippen MR) is 63.3 cm³/mol. The van der Waals surface area contributed by atoms with Gasteiger partial charge < -0.3 is 10.2 Å². The highest BCUT2D eigenvalue weighted by Gasteiger charge is 2.51. The number of guanidine groups is 1. The van der Waals surface area contributed by atoms with Gasteiger partial charge in [0.05, 0.1) is 0 Å². The predicted octanol–water partition coefficient (Wildman–Crippen LogP) is -0.0670. The highest BCUT2D eigenvalue weighted by molar-refractivity contribution is 6.09. The van der Waals surface area contributed by atoms with E-state index in [1.807, 2.05) is 20.9 Å². The molecule has 0 aliphatic carbocycles. The Kier molecular flexibility index (Phi) is 2.66. The molecule has 2 atom stereocenters. The lowest BCUT2D eigenvalue weighted by atomic mass is 9.97. The number of likely N-dealkylation sites (N-methyl/N-ethyl adjacent to an activating group) is 1. The summed E-state index contributed by atoms with van der Waals surface area (Å²) in [6.45, 7) is 6.88. The number of likely N-dealkylation sites (tertiary alicyclic amines) is 1. The topological polar surface area (TPSA) is 56.7 Å². The van der Waals surface area contributed by atoms with Crippen LogP contribution in [0.1, 0.15) is 27.2 Å². The first kappa shape index (κ1) is 11.4. The monoisotopic (exact) mass is 224 g/mol. The van der Waals surface area contributed by atoms with Crippen LogP contribution in [-0.4, -0.2) is 48.0 Å². The summed E-state index contributed by atoms with van der Waals surface area (Å²) >= 11 is 0. The summed E-state index contributed by atoms with van der Waals surface area (Å²) in [6.07, 6.45) is 0.840. The second kappa shape index (κ2) is 3.73. The molecule has 0 aromatic carbocycles. The Morgan fingerprint density at radius 3 is 2.75 bits per heavy atom. The number of rotatable bonds is 1. The Bertz CT molecular complexity index is 327. The summed E-state index contributed by atoms with van der Waals surface area (Å²) in [5.41, 5.74) is -0.456. The molecule has 0 aromatic rings. The smallest absolute Gasteiger partial charge is 0.253 e. The first-order valence-electron chi connectivity index (χ1n) is 5.80. The van der Waals surface area contributed by atoms with Crippen molar-refractivity contribution in [2.24, 2.45) is 4.99 Å². The maximum Gasteiger partial charge on any atom is 0.253 e. The van der Waals surface area contributed by atoms with Gasteiger partial charge >= 0.3 is 0 Å². The summed E-state index contributed by atoms with van der Waals surface area (Å²) < 4.78 is 0. The number of carbonyl (C=O) groups is 1. The fourth-order valence-electron chi connectivity index (χ4n) is 2.43. The molecule has 2 saturated heterocycles. The number of carbonyl (C=O) groups excluding carboxylic acids is 1. The van der Waals surface area contributed by atoms with Gasteiger partial charge in [0, 0.05) is 18.6 Å². The van der Waals surface area contributed by atoms with Crippen LogP contribution in [-0.2, 0) is 4.79 Å². The van der Waals surface area contributed by atoms with Crippen LogP contribution in [0.2, 0.25) is 0 Å². The van der Waals surface area contributed by atoms with Crippen LogP contribution in [0.15, 0.2) is 4.99 Å². The largest absolute Gasteiger partial charge is 0.340 e. The molecule has 2 heterocycles. The molecule has 0 radical (unpaired) electrons. The molecule has 2 unspecified atom stereocenters. The summed E-state index contributed by atoms with van der Waals surface area (Å²) in [6, 6.07) is 0.617. The zero-order valence-corrected chi connectivity index (χ0v) is 10.4. The maximum atomic E-state index is 12.0. The highest BCUT2D eigenvalue weighted by atomic mass is 16.2. The molecule has 0 aromatic heterocycles. The Balaban J connectivity index is 2.17. The molecule has 5 heteroatoms. The minimum Gasteiger partial charge on any atom is -0.340 e. The third-order valence-corrected chi connectivity index (χ3v) is 3.33. The average molecular weight is 224 g/mol. The van der Waals surface area contributed by atoms with Crippen molar-refractivity contribution in [1.82, 2.24) is 15.5 Å². The van der Waals surface area contributed by atoms with Crippen molar-refractivity contribution in [3.8, 4) is 0 Å². The molecule has 16 heavy (non-hydrogen) atoms. The molecule has 1 amide bonds. The molecular weight excluding hydrogens is 204 g/mol. The van der Waals surface area contributed by atoms with Crippen molar-refractivity contribution in [3.63, 3.8) is 0 Å². The number of amides is 1.